The number of nitrogens with zero attached hydrogens (tertiary/aromatic N) is 5. The smallest absolute Gasteiger partial charge is 0.222 e. The maximum atomic E-state index is 12.5. The first kappa shape index (κ1) is 14.5. The van der Waals surface area contributed by atoms with Crippen LogP contribution >= 0.6 is 0 Å². The highest BCUT2D eigenvalue weighted by Crippen LogP contribution is 2.26. The van der Waals surface area contributed by atoms with E-state index in [2.05, 4.69) is 26.9 Å². The number of fused-ring (bicyclic) bond motifs is 3. The molecule has 0 aliphatic carbocycles. The molecule has 2 saturated heterocycles. The van der Waals surface area contributed by atoms with E-state index in [4.69, 9.17) is 0 Å². The number of carbonyl (C=O) groups is 1. The fourth-order valence-corrected chi connectivity index (χ4v) is 3.63. The van der Waals surface area contributed by atoms with Gasteiger partial charge in [-0.3, -0.25) is 9.48 Å². The zero-order chi connectivity index (χ0) is 14.7. The largest absolute Gasteiger partial charge is 0.341 e. The first-order valence-electron chi connectivity index (χ1n) is 8.03. The van der Waals surface area contributed by atoms with Gasteiger partial charge in [-0.1, -0.05) is 6.42 Å². The molecule has 3 rings (SSSR count). The van der Waals surface area contributed by atoms with Crippen molar-refractivity contribution in [3.63, 3.8) is 0 Å². The van der Waals surface area contributed by atoms with Gasteiger partial charge >= 0.3 is 0 Å². The van der Waals surface area contributed by atoms with E-state index in [1.54, 1.807) is 11.0 Å². The summed E-state index contributed by atoms with van der Waals surface area (Å²) in [6.07, 6.45) is 8.50. The highest BCUT2D eigenvalue weighted by atomic mass is 16.2. The van der Waals surface area contributed by atoms with Crippen molar-refractivity contribution in [2.45, 2.75) is 44.7 Å². The summed E-state index contributed by atoms with van der Waals surface area (Å²) >= 11 is 0. The molecule has 1 aromatic rings. The van der Waals surface area contributed by atoms with Crippen molar-refractivity contribution in [1.29, 1.82) is 0 Å². The number of carbonyl (C=O) groups excluding carboxylic acids is 1. The lowest BCUT2D eigenvalue weighted by atomic mass is 9.99. The number of aromatic nitrogens is 3. The Morgan fingerprint density at radius 3 is 3.00 bits per heavy atom. The standard InChI is InChI=1S/C15H25N5O/c1-18-8-13-4-2-5-14(18)10-19(9-13)15(21)6-3-7-20-12-16-11-17-20/h11-14H,2-10H2,1H3/t13-,14-/m0/s1. The van der Waals surface area contributed by atoms with Crippen LogP contribution in [0.4, 0.5) is 0 Å². The lowest BCUT2D eigenvalue weighted by molar-refractivity contribution is -0.132. The van der Waals surface area contributed by atoms with Gasteiger partial charge < -0.3 is 9.80 Å². The number of aryl methyl sites for hydroxylation is 1. The quantitative estimate of drug-likeness (QED) is 0.830. The maximum absolute atomic E-state index is 12.5. The van der Waals surface area contributed by atoms with Gasteiger partial charge in [0.1, 0.15) is 12.7 Å². The Labute approximate surface area is 126 Å². The molecule has 2 atom stereocenters. The van der Waals surface area contributed by atoms with Crippen molar-refractivity contribution in [3.05, 3.63) is 12.7 Å². The van der Waals surface area contributed by atoms with Crippen molar-refractivity contribution in [2.24, 2.45) is 5.92 Å². The number of likely N-dealkylation sites (N-methyl/N-ethyl adjacent to an activating group) is 1. The van der Waals surface area contributed by atoms with Crippen LogP contribution in [0.1, 0.15) is 32.1 Å². The second-order valence-corrected chi connectivity index (χ2v) is 6.45. The molecular formula is C15H25N5O. The minimum atomic E-state index is 0.308. The molecule has 21 heavy (non-hydrogen) atoms. The third kappa shape index (κ3) is 3.61. The average molecular weight is 291 g/mol. The topological polar surface area (TPSA) is 54.3 Å². The first-order chi connectivity index (χ1) is 10.2. The highest BCUT2D eigenvalue weighted by Gasteiger charge is 2.32. The van der Waals surface area contributed by atoms with Gasteiger partial charge in [0.25, 0.3) is 0 Å². The Kier molecular flexibility index (Phi) is 4.53. The Hall–Kier alpha value is -1.43. The minimum absolute atomic E-state index is 0.308. The molecule has 0 N–H and O–H groups in total. The zero-order valence-electron chi connectivity index (χ0n) is 12.8. The molecule has 116 valence electrons. The number of hydrogen-bond acceptors (Lipinski definition) is 4. The van der Waals surface area contributed by atoms with Gasteiger partial charge in [-0.2, -0.15) is 5.10 Å². The Balaban J connectivity index is 1.52. The van der Waals surface area contributed by atoms with E-state index in [-0.39, 0.29) is 0 Å². The summed E-state index contributed by atoms with van der Waals surface area (Å²) in [7, 11) is 2.21. The van der Waals surface area contributed by atoms with Crippen LogP contribution in [-0.4, -0.2) is 63.2 Å². The Morgan fingerprint density at radius 2 is 2.19 bits per heavy atom. The van der Waals surface area contributed by atoms with Gasteiger partial charge in [0.05, 0.1) is 0 Å². The first-order valence-corrected chi connectivity index (χ1v) is 8.03. The molecule has 2 fully saturated rings. The van der Waals surface area contributed by atoms with Gasteiger partial charge in [0.15, 0.2) is 0 Å². The molecule has 0 aromatic carbocycles. The van der Waals surface area contributed by atoms with Crippen LogP contribution in [0.2, 0.25) is 0 Å². The fraction of sp³-hybridized carbons (Fsp3) is 0.800. The van der Waals surface area contributed by atoms with Crippen LogP contribution in [0.3, 0.4) is 0 Å². The monoisotopic (exact) mass is 291 g/mol. The van der Waals surface area contributed by atoms with E-state index >= 15 is 0 Å². The summed E-state index contributed by atoms with van der Waals surface area (Å²) in [6, 6.07) is 0.553. The number of likely N-dealkylation sites (tertiary alicyclic amines) is 1. The summed E-state index contributed by atoms with van der Waals surface area (Å²) in [6.45, 7) is 3.78. The summed E-state index contributed by atoms with van der Waals surface area (Å²) in [4.78, 5) is 21.0. The normalized spacial score (nSPS) is 26.6. The van der Waals surface area contributed by atoms with Gasteiger partial charge in [0.2, 0.25) is 5.91 Å². The van der Waals surface area contributed by atoms with E-state index in [1.807, 2.05) is 0 Å². The molecule has 0 radical (unpaired) electrons. The van der Waals surface area contributed by atoms with E-state index in [0.717, 1.165) is 32.6 Å². The molecule has 0 saturated carbocycles. The molecule has 1 aromatic heterocycles. The number of rotatable bonds is 4. The number of hydrogen-bond donors (Lipinski definition) is 0. The molecule has 2 aliphatic rings. The maximum Gasteiger partial charge on any atom is 0.222 e. The van der Waals surface area contributed by atoms with Gasteiger partial charge in [-0.25, -0.2) is 4.98 Å². The third-order valence-electron chi connectivity index (χ3n) is 4.83. The molecule has 0 spiro atoms. The van der Waals surface area contributed by atoms with Crippen LogP contribution in [-0.2, 0) is 11.3 Å². The number of amides is 1. The molecule has 3 heterocycles. The zero-order valence-corrected chi connectivity index (χ0v) is 12.8. The third-order valence-corrected chi connectivity index (χ3v) is 4.83. The van der Waals surface area contributed by atoms with Crippen LogP contribution in [0.15, 0.2) is 12.7 Å². The highest BCUT2D eigenvalue weighted by molar-refractivity contribution is 5.76. The average Bonchev–Trinajstić information content (AvgIpc) is 2.82. The predicted octanol–water partition coefficient (Wildman–Crippen LogP) is 1.00. The summed E-state index contributed by atoms with van der Waals surface area (Å²) in [5.41, 5.74) is 0. The van der Waals surface area contributed by atoms with E-state index < -0.39 is 0 Å². The lowest BCUT2D eigenvalue weighted by Crippen LogP contribution is -2.42. The van der Waals surface area contributed by atoms with Crippen LogP contribution in [0, 0.1) is 5.92 Å². The Bertz CT molecular complexity index is 461. The van der Waals surface area contributed by atoms with Crippen LogP contribution in [0.25, 0.3) is 0 Å². The molecule has 6 nitrogen and oxygen atoms in total. The minimum Gasteiger partial charge on any atom is -0.341 e. The molecular weight excluding hydrogens is 266 g/mol. The predicted molar refractivity (Wildman–Crippen MR) is 79.6 cm³/mol. The van der Waals surface area contributed by atoms with Crippen LogP contribution in [0.5, 0.6) is 0 Å². The second-order valence-electron chi connectivity index (χ2n) is 6.45. The van der Waals surface area contributed by atoms with E-state index in [9.17, 15) is 4.79 Å². The molecule has 1 amide bonds. The summed E-state index contributed by atoms with van der Waals surface area (Å²) in [5, 5.41) is 4.07. The van der Waals surface area contributed by atoms with Crippen molar-refractivity contribution in [2.75, 3.05) is 26.7 Å². The van der Waals surface area contributed by atoms with Gasteiger partial charge in [-0.15, -0.1) is 0 Å². The van der Waals surface area contributed by atoms with E-state index in [1.165, 1.54) is 25.6 Å². The van der Waals surface area contributed by atoms with Gasteiger partial charge in [0, 0.05) is 38.6 Å². The van der Waals surface area contributed by atoms with E-state index in [0.29, 0.717) is 24.3 Å². The van der Waals surface area contributed by atoms with Crippen LogP contribution < -0.4 is 0 Å². The molecule has 2 bridgehead atoms. The lowest BCUT2D eigenvalue weighted by Gasteiger charge is -2.30. The molecule has 0 unspecified atom stereocenters. The van der Waals surface area contributed by atoms with Crippen molar-refractivity contribution < 1.29 is 4.79 Å². The summed E-state index contributed by atoms with van der Waals surface area (Å²) in [5.74, 6) is 0.962. The molecule has 2 aliphatic heterocycles. The van der Waals surface area contributed by atoms with Crippen molar-refractivity contribution in [3.8, 4) is 0 Å². The SMILES string of the molecule is CN1C[C@@H]2CCC[C@H]1CN(C(=O)CCCn1cncn1)C2. The summed E-state index contributed by atoms with van der Waals surface area (Å²) < 4.78 is 1.79. The van der Waals surface area contributed by atoms with Crippen molar-refractivity contribution in [1.82, 2.24) is 24.6 Å². The molecule has 6 heteroatoms. The Morgan fingerprint density at radius 1 is 1.29 bits per heavy atom. The van der Waals surface area contributed by atoms with Gasteiger partial charge in [-0.05, 0) is 32.2 Å². The fourth-order valence-electron chi connectivity index (χ4n) is 3.63. The van der Waals surface area contributed by atoms with Crippen molar-refractivity contribution >= 4 is 5.91 Å². The second kappa shape index (κ2) is 6.56.